The minimum atomic E-state index is -0.765. The van der Waals surface area contributed by atoms with Crippen LogP contribution in [0.3, 0.4) is 0 Å². The molecule has 116 valence electrons. The molecule has 0 bridgehead atoms. The third kappa shape index (κ3) is 4.31. The average Bonchev–Trinajstić information content (AvgIpc) is 2.94. The van der Waals surface area contributed by atoms with Crippen LogP contribution in [0.25, 0.3) is 0 Å². The van der Waals surface area contributed by atoms with E-state index in [9.17, 15) is 9.59 Å². The number of carbonyl (C=O) groups is 2. The SMILES string of the molecule is CCCn1cc(C(=O)N2CCC[C@@H](CCC(=O)O)C2)cn1. The zero-order chi connectivity index (χ0) is 15.2. The van der Waals surface area contributed by atoms with Crippen molar-refractivity contribution in [2.45, 2.75) is 45.6 Å². The van der Waals surface area contributed by atoms with Gasteiger partial charge in [-0.15, -0.1) is 0 Å². The third-order valence-corrected chi connectivity index (χ3v) is 3.91. The molecule has 0 saturated carbocycles. The van der Waals surface area contributed by atoms with Crippen molar-refractivity contribution < 1.29 is 14.7 Å². The summed E-state index contributed by atoms with van der Waals surface area (Å²) in [5.41, 5.74) is 0.627. The van der Waals surface area contributed by atoms with E-state index in [1.807, 2.05) is 4.90 Å². The quantitative estimate of drug-likeness (QED) is 0.870. The number of aryl methyl sites for hydroxylation is 1. The van der Waals surface area contributed by atoms with Crippen LogP contribution in [0.15, 0.2) is 12.4 Å². The van der Waals surface area contributed by atoms with E-state index in [0.29, 0.717) is 24.4 Å². The van der Waals surface area contributed by atoms with E-state index in [2.05, 4.69) is 12.0 Å². The number of likely N-dealkylation sites (tertiary alicyclic amines) is 1. The standard InChI is InChI=1S/C15H23N3O3/c1-2-7-18-11-13(9-16-18)15(21)17-8-3-4-12(10-17)5-6-14(19)20/h9,11-12H,2-8,10H2,1H3,(H,19,20)/t12-/m0/s1. The lowest BCUT2D eigenvalue weighted by Gasteiger charge is -2.32. The number of hydrogen-bond acceptors (Lipinski definition) is 3. The molecule has 1 saturated heterocycles. The number of hydrogen-bond donors (Lipinski definition) is 1. The van der Waals surface area contributed by atoms with E-state index in [1.54, 1.807) is 17.1 Å². The van der Waals surface area contributed by atoms with E-state index in [-0.39, 0.29) is 12.3 Å². The third-order valence-electron chi connectivity index (χ3n) is 3.91. The number of piperidine rings is 1. The summed E-state index contributed by atoms with van der Waals surface area (Å²) in [6.07, 6.45) is 7.18. The van der Waals surface area contributed by atoms with Crippen LogP contribution in [-0.4, -0.2) is 44.8 Å². The molecule has 2 heterocycles. The van der Waals surface area contributed by atoms with Gasteiger partial charge in [-0.3, -0.25) is 14.3 Å². The van der Waals surface area contributed by atoms with Crippen molar-refractivity contribution in [3.8, 4) is 0 Å². The molecule has 1 fully saturated rings. The van der Waals surface area contributed by atoms with E-state index in [1.165, 1.54) is 0 Å². The molecule has 0 aromatic carbocycles. The van der Waals surface area contributed by atoms with E-state index >= 15 is 0 Å². The van der Waals surface area contributed by atoms with Gasteiger partial charge in [-0.2, -0.15) is 5.10 Å². The van der Waals surface area contributed by atoms with Crippen molar-refractivity contribution in [1.82, 2.24) is 14.7 Å². The second-order valence-corrected chi connectivity index (χ2v) is 5.68. The van der Waals surface area contributed by atoms with Crippen molar-refractivity contribution in [1.29, 1.82) is 0 Å². The molecule has 6 nitrogen and oxygen atoms in total. The summed E-state index contributed by atoms with van der Waals surface area (Å²) in [4.78, 5) is 24.9. The number of amides is 1. The summed E-state index contributed by atoms with van der Waals surface area (Å²) in [7, 11) is 0. The Hall–Kier alpha value is -1.85. The van der Waals surface area contributed by atoms with E-state index in [0.717, 1.165) is 32.4 Å². The molecule has 1 aromatic heterocycles. The second kappa shape index (κ2) is 7.24. The molecule has 1 N–H and O–H groups in total. The molecule has 0 unspecified atom stereocenters. The predicted octanol–water partition coefficient (Wildman–Crippen LogP) is 2.01. The molecular weight excluding hydrogens is 270 g/mol. The highest BCUT2D eigenvalue weighted by atomic mass is 16.4. The van der Waals surface area contributed by atoms with Crippen LogP contribution in [0.5, 0.6) is 0 Å². The monoisotopic (exact) mass is 293 g/mol. The van der Waals surface area contributed by atoms with Gasteiger partial charge in [0.1, 0.15) is 0 Å². The van der Waals surface area contributed by atoms with Crippen molar-refractivity contribution >= 4 is 11.9 Å². The zero-order valence-corrected chi connectivity index (χ0v) is 12.5. The van der Waals surface area contributed by atoms with Gasteiger partial charge in [0.2, 0.25) is 0 Å². The number of aliphatic carboxylic acids is 1. The largest absolute Gasteiger partial charge is 0.481 e. The first-order chi connectivity index (χ1) is 10.1. The van der Waals surface area contributed by atoms with Crippen molar-refractivity contribution in [3.05, 3.63) is 18.0 Å². The summed E-state index contributed by atoms with van der Waals surface area (Å²) in [6.45, 7) is 4.29. The van der Waals surface area contributed by atoms with Gasteiger partial charge in [0.25, 0.3) is 5.91 Å². The molecule has 1 aliphatic heterocycles. The van der Waals surface area contributed by atoms with Gasteiger partial charge in [-0.1, -0.05) is 6.92 Å². The van der Waals surface area contributed by atoms with Gasteiger partial charge >= 0.3 is 5.97 Å². The molecular formula is C15H23N3O3. The fraction of sp³-hybridized carbons (Fsp3) is 0.667. The van der Waals surface area contributed by atoms with Crippen molar-refractivity contribution in [2.24, 2.45) is 5.92 Å². The molecule has 21 heavy (non-hydrogen) atoms. The summed E-state index contributed by atoms with van der Waals surface area (Å²) in [5.74, 6) is -0.457. The van der Waals surface area contributed by atoms with Gasteiger partial charge in [0.05, 0.1) is 11.8 Å². The Labute approximate surface area is 124 Å². The molecule has 1 aliphatic rings. The first-order valence-electron chi connectivity index (χ1n) is 7.63. The van der Waals surface area contributed by atoms with Crippen LogP contribution in [0.2, 0.25) is 0 Å². The predicted molar refractivity (Wildman–Crippen MR) is 78.0 cm³/mol. The van der Waals surface area contributed by atoms with Crippen molar-refractivity contribution in [3.63, 3.8) is 0 Å². The van der Waals surface area contributed by atoms with Crippen LogP contribution in [0.4, 0.5) is 0 Å². The fourth-order valence-corrected chi connectivity index (χ4v) is 2.82. The van der Waals surface area contributed by atoms with Gasteiger partial charge in [0, 0.05) is 32.3 Å². The fourth-order valence-electron chi connectivity index (χ4n) is 2.82. The molecule has 0 radical (unpaired) electrons. The molecule has 1 amide bonds. The van der Waals surface area contributed by atoms with Gasteiger partial charge in [0.15, 0.2) is 0 Å². The normalized spacial score (nSPS) is 18.7. The Morgan fingerprint density at radius 2 is 2.29 bits per heavy atom. The number of carboxylic acid groups (broad SMARTS) is 1. The highest BCUT2D eigenvalue weighted by molar-refractivity contribution is 5.93. The maximum Gasteiger partial charge on any atom is 0.303 e. The van der Waals surface area contributed by atoms with Gasteiger partial charge in [-0.05, 0) is 31.6 Å². The number of carbonyl (C=O) groups excluding carboxylic acids is 1. The topological polar surface area (TPSA) is 75.4 Å². The lowest BCUT2D eigenvalue weighted by Crippen LogP contribution is -2.40. The second-order valence-electron chi connectivity index (χ2n) is 5.68. The van der Waals surface area contributed by atoms with Crippen LogP contribution in [-0.2, 0) is 11.3 Å². The maximum atomic E-state index is 12.5. The summed E-state index contributed by atoms with van der Waals surface area (Å²) < 4.78 is 1.79. The molecule has 2 rings (SSSR count). The summed E-state index contributed by atoms with van der Waals surface area (Å²) in [6, 6.07) is 0. The lowest BCUT2D eigenvalue weighted by atomic mass is 9.93. The number of aromatic nitrogens is 2. The zero-order valence-electron chi connectivity index (χ0n) is 12.5. The highest BCUT2D eigenvalue weighted by Crippen LogP contribution is 2.22. The molecule has 0 aliphatic carbocycles. The van der Waals surface area contributed by atoms with Gasteiger partial charge in [-0.25, -0.2) is 0 Å². The maximum absolute atomic E-state index is 12.5. The number of nitrogens with zero attached hydrogens (tertiary/aromatic N) is 3. The molecule has 6 heteroatoms. The van der Waals surface area contributed by atoms with E-state index in [4.69, 9.17) is 5.11 Å². The number of carboxylic acids is 1. The highest BCUT2D eigenvalue weighted by Gasteiger charge is 2.25. The average molecular weight is 293 g/mol. The Morgan fingerprint density at radius 3 is 3.00 bits per heavy atom. The van der Waals surface area contributed by atoms with Gasteiger partial charge < -0.3 is 10.0 Å². The Balaban J connectivity index is 1.93. The smallest absolute Gasteiger partial charge is 0.303 e. The number of rotatable bonds is 6. The van der Waals surface area contributed by atoms with E-state index < -0.39 is 5.97 Å². The minimum absolute atomic E-state index is 0.0115. The van der Waals surface area contributed by atoms with Crippen LogP contribution in [0, 0.1) is 5.92 Å². The summed E-state index contributed by atoms with van der Waals surface area (Å²) in [5, 5.41) is 13.0. The molecule has 1 atom stereocenters. The Morgan fingerprint density at radius 1 is 1.48 bits per heavy atom. The Kier molecular flexibility index (Phi) is 5.36. The first-order valence-corrected chi connectivity index (χ1v) is 7.63. The Bertz CT molecular complexity index is 498. The van der Waals surface area contributed by atoms with Crippen LogP contribution >= 0.6 is 0 Å². The minimum Gasteiger partial charge on any atom is -0.481 e. The summed E-state index contributed by atoms with van der Waals surface area (Å²) >= 11 is 0. The lowest BCUT2D eigenvalue weighted by molar-refractivity contribution is -0.137. The first kappa shape index (κ1) is 15.5. The van der Waals surface area contributed by atoms with Crippen LogP contribution in [0.1, 0.15) is 49.4 Å². The van der Waals surface area contributed by atoms with Crippen molar-refractivity contribution in [2.75, 3.05) is 13.1 Å². The molecule has 0 spiro atoms. The van der Waals surface area contributed by atoms with Crippen LogP contribution < -0.4 is 0 Å². The molecule has 1 aromatic rings.